The first-order chi connectivity index (χ1) is 18.6. The normalized spacial score (nSPS) is 41.5. The maximum absolute atomic E-state index is 13.2. The largest absolute Gasteiger partial charge is 0.493 e. The number of unbranched alkanes of at least 4 members (excludes halogenated alkanes) is 1. The molecule has 39 heavy (non-hydrogen) atoms. The molecule has 6 heteroatoms. The minimum atomic E-state index is -0.459. The Balaban J connectivity index is 0.976. The number of nitrogens with zero attached hydrogens (tertiary/aromatic N) is 1. The lowest BCUT2D eigenvalue weighted by molar-refractivity contribution is -0.139. The van der Waals surface area contributed by atoms with Crippen LogP contribution in [0.3, 0.4) is 0 Å². The first-order valence-electron chi connectivity index (χ1n) is 15.4. The van der Waals surface area contributed by atoms with Crippen molar-refractivity contribution in [1.82, 2.24) is 10.2 Å². The van der Waals surface area contributed by atoms with Crippen molar-refractivity contribution in [2.75, 3.05) is 20.2 Å². The molecule has 1 spiro atoms. The van der Waals surface area contributed by atoms with Crippen LogP contribution in [0.25, 0.3) is 0 Å². The molecular formula is C33H46N2O4. The number of ether oxygens (including phenoxy) is 2. The Morgan fingerprint density at radius 3 is 2.69 bits per heavy atom. The van der Waals surface area contributed by atoms with E-state index in [1.807, 2.05) is 12.1 Å². The van der Waals surface area contributed by atoms with Crippen LogP contribution in [0.2, 0.25) is 0 Å². The highest BCUT2D eigenvalue weighted by atomic mass is 16.5. The second kappa shape index (κ2) is 8.97. The Morgan fingerprint density at radius 1 is 1.15 bits per heavy atom. The highest BCUT2D eigenvalue weighted by Gasteiger charge is 2.60. The summed E-state index contributed by atoms with van der Waals surface area (Å²) in [6.07, 6.45) is 15.4. The summed E-state index contributed by atoms with van der Waals surface area (Å²) in [5.74, 6) is 2.71. The van der Waals surface area contributed by atoms with E-state index in [1.165, 1.54) is 49.7 Å². The zero-order valence-corrected chi connectivity index (χ0v) is 24.1. The predicted molar refractivity (Wildman–Crippen MR) is 151 cm³/mol. The molecule has 2 aliphatic heterocycles. The lowest BCUT2D eigenvalue weighted by Crippen LogP contribution is -2.65. The molecule has 0 radical (unpaired) electrons. The van der Waals surface area contributed by atoms with Crippen molar-refractivity contribution < 1.29 is 19.4 Å². The predicted octanol–water partition coefficient (Wildman–Crippen LogP) is 5.26. The molecule has 4 fully saturated rings. The van der Waals surface area contributed by atoms with Gasteiger partial charge in [-0.15, -0.1) is 0 Å². The van der Waals surface area contributed by atoms with Crippen molar-refractivity contribution in [3.63, 3.8) is 0 Å². The summed E-state index contributed by atoms with van der Waals surface area (Å²) in [7, 11) is 1.70. The van der Waals surface area contributed by atoms with E-state index in [9.17, 15) is 9.90 Å². The number of nitrogens with one attached hydrogen (secondary N) is 1. The fourth-order valence-electron chi connectivity index (χ4n) is 10.8. The van der Waals surface area contributed by atoms with E-state index in [2.05, 4.69) is 36.2 Å². The molecule has 8 rings (SSSR count). The summed E-state index contributed by atoms with van der Waals surface area (Å²) in [6.45, 7) is 7.79. The minimum absolute atomic E-state index is 0.0506. The van der Waals surface area contributed by atoms with Crippen molar-refractivity contribution in [1.29, 1.82) is 0 Å². The van der Waals surface area contributed by atoms with E-state index >= 15 is 0 Å². The lowest BCUT2D eigenvalue weighted by Gasteiger charge is -2.65. The molecule has 4 saturated carbocycles. The van der Waals surface area contributed by atoms with E-state index in [-0.39, 0.29) is 23.0 Å². The number of methoxy groups -OCH3 is 1. The smallest absolute Gasteiger partial charge is 0.220 e. The molecule has 5 aliphatic carbocycles. The zero-order chi connectivity index (χ0) is 27.0. The van der Waals surface area contributed by atoms with Crippen LogP contribution < -0.4 is 14.8 Å². The lowest BCUT2D eigenvalue weighted by atomic mass is 9.43. The number of carbonyl (C=O) groups excluding carboxylic acids is 1. The molecule has 2 N–H and O–H groups in total. The molecule has 1 aromatic carbocycles. The van der Waals surface area contributed by atoms with Gasteiger partial charge in [-0.25, -0.2) is 0 Å². The van der Waals surface area contributed by atoms with Crippen molar-refractivity contribution >= 4 is 5.91 Å². The van der Waals surface area contributed by atoms with E-state index in [4.69, 9.17) is 9.47 Å². The van der Waals surface area contributed by atoms with Gasteiger partial charge in [0, 0.05) is 30.5 Å². The van der Waals surface area contributed by atoms with Gasteiger partial charge in [-0.05, 0) is 99.3 Å². The number of aliphatic hydroxyl groups excluding tert-OH is 1. The second-order valence-corrected chi connectivity index (χ2v) is 14.9. The maximum atomic E-state index is 13.2. The summed E-state index contributed by atoms with van der Waals surface area (Å²) in [6, 6.07) is 4.22. The molecule has 6 nitrogen and oxygen atoms in total. The Kier molecular flexibility index (Phi) is 5.96. The number of aliphatic hydroxyl groups is 1. The number of carbonyl (C=O) groups is 1. The van der Waals surface area contributed by atoms with Gasteiger partial charge in [0.15, 0.2) is 11.5 Å². The van der Waals surface area contributed by atoms with Gasteiger partial charge in [0.1, 0.15) is 6.10 Å². The molecule has 2 heterocycles. The SMILES string of the molecule is COc1ccc2c3c1O[C@H]1C[C@@H](O)C=C[C@@]31CCN(CCCCC(=O)NC13CC4CC(C)(CC(C)(C4)C1)C3)C2. The molecule has 0 aromatic heterocycles. The number of hydrogen-bond donors (Lipinski definition) is 2. The van der Waals surface area contributed by atoms with Gasteiger partial charge in [-0.2, -0.15) is 0 Å². The third kappa shape index (κ3) is 4.32. The van der Waals surface area contributed by atoms with E-state index in [0.29, 0.717) is 23.7 Å². The standard InChI is InChI=1S/C33H46N2O4/c1-30-15-22-16-31(2,19-30)21-32(17-22,20-30)34-27(37)6-4-5-12-35-13-11-33-10-9-24(36)14-26(33)39-29-25(38-3)8-7-23(18-35)28(29)33/h7-10,22,24,26,36H,4-6,11-21H2,1-3H3,(H,34,37)/t22?,24-,26-,30?,31?,32?,33-/m0/s1. The average Bonchev–Trinajstić information content (AvgIpc) is 3.08. The van der Waals surface area contributed by atoms with Gasteiger partial charge in [0.05, 0.1) is 18.6 Å². The number of rotatable bonds is 7. The zero-order valence-electron chi connectivity index (χ0n) is 24.1. The van der Waals surface area contributed by atoms with Crippen molar-refractivity contribution in [2.45, 2.75) is 114 Å². The van der Waals surface area contributed by atoms with Crippen LogP contribution in [0.15, 0.2) is 24.3 Å². The van der Waals surface area contributed by atoms with Gasteiger partial charge in [0.25, 0.3) is 0 Å². The monoisotopic (exact) mass is 534 g/mol. The van der Waals surface area contributed by atoms with E-state index < -0.39 is 6.10 Å². The molecule has 0 saturated heterocycles. The van der Waals surface area contributed by atoms with Crippen LogP contribution in [-0.4, -0.2) is 53.9 Å². The summed E-state index contributed by atoms with van der Waals surface area (Å²) in [5.41, 5.74) is 3.25. The maximum Gasteiger partial charge on any atom is 0.220 e. The topological polar surface area (TPSA) is 71.0 Å². The van der Waals surface area contributed by atoms with Gasteiger partial charge < -0.3 is 19.9 Å². The van der Waals surface area contributed by atoms with E-state index in [1.54, 1.807) is 7.11 Å². The molecule has 4 bridgehead atoms. The highest BCUT2D eigenvalue weighted by molar-refractivity contribution is 5.77. The van der Waals surface area contributed by atoms with Crippen LogP contribution >= 0.6 is 0 Å². The highest BCUT2D eigenvalue weighted by Crippen LogP contribution is 2.66. The third-order valence-corrected chi connectivity index (χ3v) is 11.2. The van der Waals surface area contributed by atoms with Gasteiger partial charge in [-0.3, -0.25) is 9.69 Å². The Labute approximate surface area is 233 Å². The number of benzene rings is 1. The Morgan fingerprint density at radius 2 is 1.95 bits per heavy atom. The van der Waals surface area contributed by atoms with Crippen LogP contribution in [0.1, 0.15) is 95.6 Å². The third-order valence-electron chi connectivity index (χ3n) is 11.2. The molecule has 2 unspecified atom stereocenters. The molecule has 1 amide bonds. The van der Waals surface area contributed by atoms with Crippen LogP contribution in [0, 0.1) is 16.7 Å². The van der Waals surface area contributed by atoms with Gasteiger partial charge in [-0.1, -0.05) is 32.1 Å². The van der Waals surface area contributed by atoms with Crippen LogP contribution in [0.5, 0.6) is 11.5 Å². The quantitative estimate of drug-likeness (QED) is 0.369. The molecule has 1 aromatic rings. The molecule has 5 atom stereocenters. The Bertz CT molecular complexity index is 1180. The Hall–Kier alpha value is -2.05. The minimum Gasteiger partial charge on any atom is -0.493 e. The second-order valence-electron chi connectivity index (χ2n) is 14.9. The molecular weight excluding hydrogens is 488 g/mol. The van der Waals surface area contributed by atoms with Crippen LogP contribution in [-0.2, 0) is 16.8 Å². The van der Waals surface area contributed by atoms with E-state index in [0.717, 1.165) is 56.3 Å². The van der Waals surface area contributed by atoms with Crippen molar-refractivity contribution in [3.8, 4) is 11.5 Å². The summed E-state index contributed by atoms with van der Waals surface area (Å²) >= 11 is 0. The molecule has 7 aliphatic rings. The summed E-state index contributed by atoms with van der Waals surface area (Å²) in [4.78, 5) is 15.7. The first-order valence-corrected chi connectivity index (χ1v) is 15.4. The molecule has 212 valence electrons. The van der Waals surface area contributed by atoms with Crippen molar-refractivity contribution in [2.24, 2.45) is 16.7 Å². The van der Waals surface area contributed by atoms with Gasteiger partial charge >= 0.3 is 0 Å². The number of hydrogen-bond acceptors (Lipinski definition) is 5. The van der Waals surface area contributed by atoms with Crippen molar-refractivity contribution in [3.05, 3.63) is 35.4 Å². The first kappa shape index (κ1) is 25.9. The number of amides is 1. The fourth-order valence-corrected chi connectivity index (χ4v) is 10.8. The summed E-state index contributed by atoms with van der Waals surface area (Å²) < 4.78 is 12.1. The fraction of sp³-hybridized carbons (Fsp3) is 0.727. The van der Waals surface area contributed by atoms with Crippen LogP contribution in [0.4, 0.5) is 0 Å². The van der Waals surface area contributed by atoms with Gasteiger partial charge in [0.2, 0.25) is 5.91 Å². The average molecular weight is 535 g/mol. The summed E-state index contributed by atoms with van der Waals surface area (Å²) in [5, 5.41) is 13.9.